The van der Waals surface area contributed by atoms with Gasteiger partial charge in [-0.2, -0.15) is 0 Å². The maximum atomic E-state index is 11.8. The second-order valence-corrected chi connectivity index (χ2v) is 6.26. The van der Waals surface area contributed by atoms with Crippen molar-refractivity contribution in [3.8, 4) is 0 Å². The van der Waals surface area contributed by atoms with Crippen LogP contribution in [0.1, 0.15) is 47.5 Å². The minimum absolute atomic E-state index is 0.117. The fourth-order valence-corrected chi connectivity index (χ4v) is 2.58. The van der Waals surface area contributed by atoms with Crippen LogP contribution >= 0.6 is 0 Å². The maximum Gasteiger partial charge on any atom is 0.407 e. The molecule has 1 heterocycles. The molecule has 1 N–H and O–H groups in total. The minimum atomic E-state index is -0.891. The lowest BCUT2D eigenvalue weighted by Gasteiger charge is -2.43. The van der Waals surface area contributed by atoms with Crippen LogP contribution in [0.3, 0.4) is 0 Å². The molecule has 1 rings (SSSR count). The third-order valence-electron chi connectivity index (χ3n) is 3.83. The van der Waals surface area contributed by atoms with Gasteiger partial charge >= 0.3 is 12.1 Å². The van der Waals surface area contributed by atoms with Crippen molar-refractivity contribution in [2.75, 3.05) is 13.2 Å². The maximum absolute atomic E-state index is 11.8. The molecule has 1 amide bonds. The van der Waals surface area contributed by atoms with Gasteiger partial charge < -0.3 is 14.7 Å². The number of carboxylic acid groups (broad SMARTS) is 1. The number of hydrogen-bond donors (Lipinski definition) is 1. The molecule has 1 saturated heterocycles. The summed E-state index contributed by atoms with van der Waals surface area (Å²) >= 11 is 0. The van der Waals surface area contributed by atoms with Crippen LogP contribution in [0.5, 0.6) is 0 Å². The average Bonchev–Trinajstić information content (AvgIpc) is 2.36. The van der Waals surface area contributed by atoms with Gasteiger partial charge in [0, 0.05) is 18.2 Å². The number of nitrogens with zero attached hydrogens (tertiary/aromatic N) is 1. The van der Waals surface area contributed by atoms with E-state index >= 15 is 0 Å². The number of carbonyl (C=O) groups is 2. The van der Waals surface area contributed by atoms with E-state index in [-0.39, 0.29) is 17.4 Å². The number of esters is 1. The summed E-state index contributed by atoms with van der Waals surface area (Å²) in [5.41, 5.74) is 1.48. The van der Waals surface area contributed by atoms with Gasteiger partial charge in [0.15, 0.2) is 0 Å². The number of carbonyl (C=O) groups excluding carboxylic acids is 1. The molecular formula is C15H25NO4. The van der Waals surface area contributed by atoms with Gasteiger partial charge in [0.2, 0.25) is 0 Å². The zero-order chi connectivity index (χ0) is 15.5. The van der Waals surface area contributed by atoms with Crippen LogP contribution in [0.25, 0.3) is 0 Å². The summed E-state index contributed by atoms with van der Waals surface area (Å²) in [7, 11) is 0. The van der Waals surface area contributed by atoms with Crippen molar-refractivity contribution in [3.63, 3.8) is 0 Å². The first-order valence-corrected chi connectivity index (χ1v) is 7.03. The predicted octanol–water partition coefficient (Wildman–Crippen LogP) is 3.05. The standard InChI is InChI=1S/C15H25NO4/c1-6-20-13(17)10(2)11-7-8-16(14(18)19)12(9-11)15(3,4)5/h12H,6-9H2,1-5H3,(H,18,19)/b11-10-. The van der Waals surface area contributed by atoms with Gasteiger partial charge in [-0.3, -0.25) is 0 Å². The van der Waals surface area contributed by atoms with Crippen molar-refractivity contribution in [3.05, 3.63) is 11.1 Å². The fraction of sp³-hybridized carbons (Fsp3) is 0.733. The quantitative estimate of drug-likeness (QED) is 0.625. The van der Waals surface area contributed by atoms with Gasteiger partial charge in [-0.15, -0.1) is 0 Å². The second kappa shape index (κ2) is 6.29. The lowest BCUT2D eigenvalue weighted by Crippen LogP contribution is -2.50. The smallest absolute Gasteiger partial charge is 0.407 e. The molecule has 0 saturated carbocycles. The first-order chi connectivity index (χ1) is 9.18. The lowest BCUT2D eigenvalue weighted by atomic mass is 9.78. The average molecular weight is 283 g/mol. The fourth-order valence-electron chi connectivity index (χ4n) is 2.58. The van der Waals surface area contributed by atoms with E-state index in [0.29, 0.717) is 31.6 Å². The molecule has 0 bridgehead atoms. The van der Waals surface area contributed by atoms with E-state index in [1.54, 1.807) is 13.8 Å². The highest BCUT2D eigenvalue weighted by atomic mass is 16.5. The van der Waals surface area contributed by atoms with Crippen molar-refractivity contribution < 1.29 is 19.4 Å². The highest BCUT2D eigenvalue weighted by Crippen LogP contribution is 2.35. The first-order valence-electron chi connectivity index (χ1n) is 7.03. The van der Waals surface area contributed by atoms with Crippen molar-refractivity contribution in [1.29, 1.82) is 0 Å². The van der Waals surface area contributed by atoms with Gasteiger partial charge in [0.1, 0.15) is 0 Å². The number of likely N-dealkylation sites (tertiary alicyclic amines) is 1. The highest BCUT2D eigenvalue weighted by molar-refractivity contribution is 5.88. The Morgan fingerprint density at radius 1 is 1.40 bits per heavy atom. The van der Waals surface area contributed by atoms with Crippen molar-refractivity contribution in [1.82, 2.24) is 4.90 Å². The number of rotatable bonds is 2. The van der Waals surface area contributed by atoms with Gasteiger partial charge in [-0.05, 0) is 32.1 Å². The summed E-state index contributed by atoms with van der Waals surface area (Å²) in [5.74, 6) is -0.293. The Morgan fingerprint density at radius 3 is 2.45 bits per heavy atom. The van der Waals surface area contributed by atoms with Crippen molar-refractivity contribution >= 4 is 12.1 Å². The summed E-state index contributed by atoms with van der Waals surface area (Å²) in [6.45, 7) is 10.4. The predicted molar refractivity (Wildman–Crippen MR) is 76.5 cm³/mol. The van der Waals surface area contributed by atoms with Crippen LogP contribution < -0.4 is 0 Å². The van der Waals surface area contributed by atoms with E-state index in [1.165, 1.54) is 4.90 Å². The van der Waals surface area contributed by atoms with E-state index in [0.717, 1.165) is 5.57 Å². The normalized spacial score (nSPS) is 22.4. The van der Waals surface area contributed by atoms with E-state index in [9.17, 15) is 14.7 Å². The zero-order valence-electron chi connectivity index (χ0n) is 13.0. The Bertz CT molecular complexity index is 420. The summed E-state index contributed by atoms with van der Waals surface area (Å²) in [6, 6.07) is -0.117. The Labute approximate surface area is 120 Å². The van der Waals surface area contributed by atoms with Crippen LogP contribution in [-0.2, 0) is 9.53 Å². The summed E-state index contributed by atoms with van der Waals surface area (Å²) in [5, 5.41) is 9.31. The van der Waals surface area contributed by atoms with Crippen LogP contribution in [0.15, 0.2) is 11.1 Å². The molecule has 0 spiro atoms. The zero-order valence-corrected chi connectivity index (χ0v) is 13.0. The molecule has 5 heteroatoms. The molecule has 1 atom stereocenters. The summed E-state index contributed by atoms with van der Waals surface area (Å²) in [4.78, 5) is 24.6. The van der Waals surface area contributed by atoms with Gasteiger partial charge in [0.25, 0.3) is 0 Å². The minimum Gasteiger partial charge on any atom is -0.465 e. The van der Waals surface area contributed by atoms with E-state index in [1.807, 2.05) is 20.8 Å². The molecule has 1 fully saturated rings. The Balaban J connectivity index is 3.00. The van der Waals surface area contributed by atoms with Crippen LogP contribution in [-0.4, -0.2) is 41.3 Å². The summed E-state index contributed by atoms with van der Waals surface area (Å²) < 4.78 is 5.03. The van der Waals surface area contributed by atoms with Crippen LogP contribution in [0.4, 0.5) is 4.79 Å². The number of ether oxygens (including phenoxy) is 1. The monoisotopic (exact) mass is 283 g/mol. The molecule has 0 aromatic rings. The Morgan fingerprint density at radius 2 is 2.00 bits per heavy atom. The second-order valence-electron chi connectivity index (χ2n) is 6.26. The number of hydrogen-bond acceptors (Lipinski definition) is 3. The molecule has 114 valence electrons. The van der Waals surface area contributed by atoms with Gasteiger partial charge in [-0.25, -0.2) is 9.59 Å². The molecule has 0 aromatic heterocycles. The topological polar surface area (TPSA) is 66.8 Å². The van der Waals surface area contributed by atoms with Crippen molar-refractivity contribution in [2.45, 2.75) is 53.5 Å². The largest absolute Gasteiger partial charge is 0.465 e. The number of amides is 1. The molecular weight excluding hydrogens is 258 g/mol. The molecule has 0 aliphatic carbocycles. The molecule has 5 nitrogen and oxygen atoms in total. The van der Waals surface area contributed by atoms with Gasteiger partial charge in [-0.1, -0.05) is 26.3 Å². The molecule has 20 heavy (non-hydrogen) atoms. The number of piperidine rings is 1. The van der Waals surface area contributed by atoms with Gasteiger partial charge in [0.05, 0.1) is 6.61 Å². The molecule has 1 unspecified atom stereocenters. The third-order valence-corrected chi connectivity index (χ3v) is 3.83. The summed E-state index contributed by atoms with van der Waals surface area (Å²) in [6.07, 6.45) is 0.307. The Hall–Kier alpha value is -1.52. The van der Waals surface area contributed by atoms with E-state index in [4.69, 9.17) is 4.74 Å². The molecule has 0 aromatic carbocycles. The third kappa shape index (κ3) is 3.74. The van der Waals surface area contributed by atoms with E-state index < -0.39 is 6.09 Å². The van der Waals surface area contributed by atoms with Crippen LogP contribution in [0, 0.1) is 5.41 Å². The SMILES string of the molecule is CCOC(=O)/C(C)=C1/CCN(C(=O)O)C(C(C)(C)C)C1. The molecule has 1 aliphatic rings. The molecule has 1 aliphatic heterocycles. The molecule has 0 radical (unpaired) electrons. The Kier molecular flexibility index (Phi) is 5.20. The van der Waals surface area contributed by atoms with Crippen LogP contribution in [0.2, 0.25) is 0 Å². The lowest BCUT2D eigenvalue weighted by molar-refractivity contribution is -0.138. The highest BCUT2D eigenvalue weighted by Gasteiger charge is 2.37. The first kappa shape index (κ1) is 16.5. The van der Waals surface area contributed by atoms with Crippen molar-refractivity contribution in [2.24, 2.45) is 5.41 Å². The van der Waals surface area contributed by atoms with E-state index in [2.05, 4.69) is 0 Å².